The van der Waals surface area contributed by atoms with E-state index in [1.165, 1.54) is 12.5 Å². The predicted molar refractivity (Wildman–Crippen MR) is 69.7 cm³/mol. The van der Waals surface area contributed by atoms with E-state index in [9.17, 15) is 8.42 Å². The first-order chi connectivity index (χ1) is 8.48. The van der Waals surface area contributed by atoms with Crippen molar-refractivity contribution in [1.82, 2.24) is 0 Å². The number of hydrogen-bond donors (Lipinski definition) is 2. The van der Waals surface area contributed by atoms with Gasteiger partial charge in [0.25, 0.3) is 0 Å². The largest absolute Gasteiger partial charge is 0.488 e. The molecule has 0 amide bonds. The minimum atomic E-state index is -3.80. The average Bonchev–Trinajstić information content (AvgIpc) is 2.32. The van der Waals surface area contributed by atoms with Crippen LogP contribution in [0.3, 0.4) is 0 Å². The number of anilines is 1. The second-order valence-electron chi connectivity index (χ2n) is 4.59. The van der Waals surface area contributed by atoms with E-state index in [1.54, 1.807) is 12.1 Å². The van der Waals surface area contributed by atoms with Gasteiger partial charge in [0.2, 0.25) is 10.0 Å². The molecule has 0 unspecified atom stereocenters. The maximum atomic E-state index is 11.3. The molecule has 1 aliphatic carbocycles. The fourth-order valence-electron chi connectivity index (χ4n) is 2.24. The zero-order chi connectivity index (χ0) is 13.2. The molecular weight excluding hydrogens is 252 g/mol. The third-order valence-corrected chi connectivity index (χ3v) is 4.15. The van der Waals surface area contributed by atoms with Crippen molar-refractivity contribution >= 4 is 15.7 Å². The SMILES string of the molecule is Nc1c(OC2CCCCC2)cccc1S(N)(=O)=O. The summed E-state index contributed by atoms with van der Waals surface area (Å²) >= 11 is 0. The quantitative estimate of drug-likeness (QED) is 0.816. The van der Waals surface area contributed by atoms with Crippen LogP contribution >= 0.6 is 0 Å². The summed E-state index contributed by atoms with van der Waals surface area (Å²) < 4.78 is 28.5. The van der Waals surface area contributed by atoms with Crippen LogP contribution in [0.2, 0.25) is 0 Å². The first-order valence-electron chi connectivity index (χ1n) is 6.06. The number of para-hydroxylation sites is 1. The smallest absolute Gasteiger partial charge is 0.240 e. The Hall–Kier alpha value is -1.27. The Morgan fingerprint density at radius 2 is 1.83 bits per heavy atom. The van der Waals surface area contributed by atoms with Gasteiger partial charge in [0.1, 0.15) is 10.6 Å². The Morgan fingerprint density at radius 1 is 1.17 bits per heavy atom. The summed E-state index contributed by atoms with van der Waals surface area (Å²) in [7, 11) is -3.80. The van der Waals surface area contributed by atoms with Crippen molar-refractivity contribution in [2.75, 3.05) is 5.73 Å². The topological polar surface area (TPSA) is 95.4 Å². The Labute approximate surface area is 107 Å². The molecule has 5 nitrogen and oxygen atoms in total. The van der Waals surface area contributed by atoms with E-state index in [-0.39, 0.29) is 16.7 Å². The third kappa shape index (κ3) is 2.94. The summed E-state index contributed by atoms with van der Waals surface area (Å²) in [4.78, 5) is -0.0733. The number of primary sulfonamides is 1. The van der Waals surface area contributed by atoms with Gasteiger partial charge < -0.3 is 10.5 Å². The lowest BCUT2D eigenvalue weighted by Gasteiger charge is -2.24. The van der Waals surface area contributed by atoms with Crippen LogP contribution < -0.4 is 15.6 Å². The first kappa shape index (κ1) is 13.2. The molecule has 0 saturated heterocycles. The number of ether oxygens (including phenoxy) is 1. The van der Waals surface area contributed by atoms with E-state index in [1.807, 2.05) is 0 Å². The summed E-state index contributed by atoms with van der Waals surface area (Å²) in [5.74, 6) is 0.411. The molecule has 0 spiro atoms. The Kier molecular flexibility index (Phi) is 3.77. The van der Waals surface area contributed by atoms with Gasteiger partial charge in [-0.1, -0.05) is 12.5 Å². The van der Waals surface area contributed by atoms with Crippen LogP contribution in [-0.2, 0) is 10.0 Å². The Morgan fingerprint density at radius 3 is 2.44 bits per heavy atom. The molecule has 1 fully saturated rings. The summed E-state index contributed by atoms with van der Waals surface area (Å²) in [6.45, 7) is 0. The zero-order valence-electron chi connectivity index (χ0n) is 10.1. The van der Waals surface area contributed by atoms with E-state index in [0.717, 1.165) is 25.7 Å². The molecule has 100 valence electrons. The van der Waals surface area contributed by atoms with Gasteiger partial charge in [-0.3, -0.25) is 0 Å². The molecule has 6 heteroatoms. The molecular formula is C12H18N2O3S. The number of rotatable bonds is 3. The van der Waals surface area contributed by atoms with Crippen LogP contribution in [0.15, 0.2) is 23.1 Å². The fraction of sp³-hybridized carbons (Fsp3) is 0.500. The molecule has 1 saturated carbocycles. The fourth-order valence-corrected chi connectivity index (χ4v) is 2.91. The minimum Gasteiger partial charge on any atom is -0.488 e. The summed E-state index contributed by atoms with van der Waals surface area (Å²) in [6, 6.07) is 4.66. The molecule has 1 aromatic carbocycles. The molecule has 1 aromatic rings. The number of nitrogen functional groups attached to an aromatic ring is 1. The van der Waals surface area contributed by atoms with Gasteiger partial charge in [-0.05, 0) is 37.8 Å². The molecule has 2 rings (SSSR count). The van der Waals surface area contributed by atoms with Crippen LogP contribution in [0.5, 0.6) is 5.75 Å². The van der Waals surface area contributed by atoms with Crippen LogP contribution in [0.4, 0.5) is 5.69 Å². The van der Waals surface area contributed by atoms with E-state index in [4.69, 9.17) is 15.6 Å². The maximum absolute atomic E-state index is 11.3. The highest BCUT2D eigenvalue weighted by Crippen LogP contribution is 2.31. The number of benzene rings is 1. The van der Waals surface area contributed by atoms with Gasteiger partial charge >= 0.3 is 0 Å². The lowest BCUT2D eigenvalue weighted by Crippen LogP contribution is -2.21. The minimum absolute atomic E-state index is 0.0733. The number of hydrogen-bond acceptors (Lipinski definition) is 4. The standard InChI is InChI=1S/C12H18N2O3S/c13-12-10(17-9-5-2-1-3-6-9)7-4-8-11(12)18(14,15)16/h4,7-9H,1-3,5-6,13H2,(H2,14,15,16). The van der Waals surface area contributed by atoms with Gasteiger partial charge in [0, 0.05) is 0 Å². The second-order valence-corrected chi connectivity index (χ2v) is 6.12. The van der Waals surface area contributed by atoms with Crippen molar-refractivity contribution in [3.63, 3.8) is 0 Å². The number of nitrogens with two attached hydrogens (primary N) is 2. The molecule has 0 radical (unpaired) electrons. The highest BCUT2D eigenvalue weighted by molar-refractivity contribution is 7.89. The molecule has 0 atom stereocenters. The van der Waals surface area contributed by atoms with E-state index >= 15 is 0 Å². The highest BCUT2D eigenvalue weighted by Gasteiger charge is 2.19. The maximum Gasteiger partial charge on any atom is 0.240 e. The van der Waals surface area contributed by atoms with Crippen LogP contribution in [0.25, 0.3) is 0 Å². The van der Waals surface area contributed by atoms with Gasteiger partial charge in [-0.15, -0.1) is 0 Å². The van der Waals surface area contributed by atoms with Crippen molar-refractivity contribution in [2.24, 2.45) is 5.14 Å². The normalized spacial score (nSPS) is 17.6. The molecule has 0 heterocycles. The molecule has 0 bridgehead atoms. The lowest BCUT2D eigenvalue weighted by atomic mass is 9.98. The van der Waals surface area contributed by atoms with Gasteiger partial charge in [-0.25, -0.2) is 13.6 Å². The first-order valence-corrected chi connectivity index (χ1v) is 7.61. The van der Waals surface area contributed by atoms with Gasteiger partial charge in [0.05, 0.1) is 11.8 Å². The summed E-state index contributed by atoms with van der Waals surface area (Å²) in [5.41, 5.74) is 5.90. The van der Waals surface area contributed by atoms with E-state index in [0.29, 0.717) is 5.75 Å². The van der Waals surface area contributed by atoms with Crippen LogP contribution in [-0.4, -0.2) is 14.5 Å². The molecule has 1 aliphatic rings. The second kappa shape index (κ2) is 5.16. The summed E-state index contributed by atoms with van der Waals surface area (Å²) in [6.07, 6.45) is 5.60. The molecule has 4 N–H and O–H groups in total. The van der Waals surface area contributed by atoms with Crippen LogP contribution in [0.1, 0.15) is 32.1 Å². The molecule has 0 aliphatic heterocycles. The van der Waals surface area contributed by atoms with Crippen LogP contribution in [0, 0.1) is 0 Å². The number of sulfonamides is 1. The molecule has 18 heavy (non-hydrogen) atoms. The van der Waals surface area contributed by atoms with Crippen molar-refractivity contribution in [3.05, 3.63) is 18.2 Å². The average molecular weight is 270 g/mol. The van der Waals surface area contributed by atoms with Crippen molar-refractivity contribution in [1.29, 1.82) is 0 Å². The van der Waals surface area contributed by atoms with Crippen molar-refractivity contribution in [3.8, 4) is 5.75 Å². The zero-order valence-corrected chi connectivity index (χ0v) is 10.9. The van der Waals surface area contributed by atoms with Crippen molar-refractivity contribution < 1.29 is 13.2 Å². The molecule has 0 aromatic heterocycles. The monoisotopic (exact) mass is 270 g/mol. The third-order valence-electron chi connectivity index (χ3n) is 3.18. The highest BCUT2D eigenvalue weighted by atomic mass is 32.2. The van der Waals surface area contributed by atoms with Gasteiger partial charge in [-0.2, -0.15) is 0 Å². The van der Waals surface area contributed by atoms with Gasteiger partial charge in [0.15, 0.2) is 0 Å². The van der Waals surface area contributed by atoms with E-state index < -0.39 is 10.0 Å². The van der Waals surface area contributed by atoms with E-state index in [2.05, 4.69) is 0 Å². The Bertz CT molecular complexity index is 522. The summed E-state index contributed by atoms with van der Waals surface area (Å²) in [5, 5.41) is 5.10. The predicted octanol–water partition coefficient (Wildman–Crippen LogP) is 1.63. The van der Waals surface area contributed by atoms with Crippen molar-refractivity contribution in [2.45, 2.75) is 43.1 Å². The lowest BCUT2D eigenvalue weighted by molar-refractivity contribution is 0.155. The Balaban J connectivity index is 2.23.